The zero-order valence-electron chi connectivity index (χ0n) is 18.0. The van der Waals surface area contributed by atoms with Crippen LogP contribution in [-0.2, 0) is 22.4 Å². The summed E-state index contributed by atoms with van der Waals surface area (Å²) in [6, 6.07) is 12.8. The van der Waals surface area contributed by atoms with Crippen LogP contribution in [0.2, 0.25) is 0 Å². The molecular weight excluding hydrogens is 366 g/mol. The van der Waals surface area contributed by atoms with Crippen LogP contribution in [0, 0.1) is 5.92 Å². The number of nitrogens with one attached hydrogen (secondary N) is 1. The minimum absolute atomic E-state index is 0.170. The van der Waals surface area contributed by atoms with E-state index in [1.165, 1.54) is 0 Å². The molecule has 2 aromatic rings. The first kappa shape index (κ1) is 22.5. The van der Waals surface area contributed by atoms with Crippen molar-refractivity contribution in [1.82, 2.24) is 0 Å². The molecule has 0 aromatic heterocycles. The number of benzene rings is 2. The third-order valence-electron chi connectivity index (χ3n) is 4.56. The molecule has 2 aromatic carbocycles. The van der Waals surface area contributed by atoms with Crippen molar-refractivity contribution >= 4 is 17.6 Å². The van der Waals surface area contributed by atoms with Gasteiger partial charge < -0.3 is 14.8 Å². The van der Waals surface area contributed by atoms with Crippen LogP contribution in [0.15, 0.2) is 42.5 Å². The summed E-state index contributed by atoms with van der Waals surface area (Å²) in [7, 11) is 0. The first-order valence-corrected chi connectivity index (χ1v) is 10.2. The van der Waals surface area contributed by atoms with Gasteiger partial charge in [-0.1, -0.05) is 45.9 Å². The molecule has 2 rings (SSSR count). The van der Waals surface area contributed by atoms with Crippen LogP contribution < -0.4 is 10.1 Å². The predicted octanol–water partition coefficient (Wildman–Crippen LogP) is 5.03. The molecule has 5 nitrogen and oxygen atoms in total. The average molecular weight is 398 g/mol. The van der Waals surface area contributed by atoms with E-state index in [1.54, 1.807) is 31.2 Å². The van der Waals surface area contributed by atoms with Gasteiger partial charge >= 0.3 is 5.97 Å². The third kappa shape index (κ3) is 6.34. The molecule has 0 unspecified atom stereocenters. The maximum Gasteiger partial charge on any atom is 0.347 e. The number of aryl methyl sites for hydroxylation is 2. The molecule has 0 aliphatic carbocycles. The number of para-hydroxylation sites is 1. The maximum atomic E-state index is 12.7. The highest BCUT2D eigenvalue weighted by Crippen LogP contribution is 2.24. The number of esters is 1. The smallest absolute Gasteiger partial charge is 0.347 e. The lowest BCUT2D eigenvalue weighted by atomic mass is 10.0. The van der Waals surface area contributed by atoms with E-state index in [1.807, 2.05) is 32.0 Å². The highest BCUT2D eigenvalue weighted by Gasteiger charge is 2.17. The van der Waals surface area contributed by atoms with Crippen LogP contribution in [0.25, 0.3) is 0 Å². The monoisotopic (exact) mass is 397 g/mol. The van der Waals surface area contributed by atoms with E-state index in [-0.39, 0.29) is 11.8 Å². The lowest BCUT2D eigenvalue weighted by Crippen LogP contribution is -2.27. The summed E-state index contributed by atoms with van der Waals surface area (Å²) in [5.41, 5.74) is 3.66. The standard InChI is InChI=1S/C24H31NO4/c1-6-18-9-8-10-19(7-2)22(18)25-23(26)20-11-13-21(14-12-20)29-17(5)24(27)28-15-16(3)4/h8-14,16-17H,6-7,15H2,1-5H3,(H,25,26)/t17-/m0/s1. The van der Waals surface area contributed by atoms with Crippen LogP contribution >= 0.6 is 0 Å². The van der Waals surface area contributed by atoms with Crippen molar-refractivity contribution in [2.75, 3.05) is 11.9 Å². The number of rotatable bonds is 9. The van der Waals surface area contributed by atoms with Crippen molar-refractivity contribution in [1.29, 1.82) is 0 Å². The van der Waals surface area contributed by atoms with Gasteiger partial charge in [-0.25, -0.2) is 4.79 Å². The van der Waals surface area contributed by atoms with Crippen LogP contribution in [-0.4, -0.2) is 24.6 Å². The summed E-state index contributed by atoms with van der Waals surface area (Å²) in [6.45, 7) is 10.1. The normalized spacial score (nSPS) is 11.8. The van der Waals surface area contributed by atoms with Gasteiger partial charge in [-0.2, -0.15) is 0 Å². The Kier molecular flexibility index (Phi) is 8.25. The SMILES string of the molecule is CCc1cccc(CC)c1NC(=O)c1ccc(O[C@@H](C)C(=O)OCC(C)C)cc1. The van der Waals surface area contributed by atoms with Crippen molar-refractivity contribution in [2.45, 2.75) is 53.6 Å². The van der Waals surface area contributed by atoms with Crippen molar-refractivity contribution in [2.24, 2.45) is 5.92 Å². The number of amides is 1. The molecular formula is C24H31NO4. The molecule has 1 amide bonds. The number of anilines is 1. The Morgan fingerprint density at radius 3 is 2.03 bits per heavy atom. The molecule has 29 heavy (non-hydrogen) atoms. The Morgan fingerprint density at radius 2 is 1.52 bits per heavy atom. The van der Waals surface area contributed by atoms with Gasteiger partial charge in [0.05, 0.1) is 6.61 Å². The van der Waals surface area contributed by atoms with Gasteiger partial charge in [0, 0.05) is 11.3 Å². The van der Waals surface area contributed by atoms with Gasteiger partial charge in [0.1, 0.15) is 5.75 Å². The van der Waals surface area contributed by atoms with Crippen molar-refractivity contribution in [3.63, 3.8) is 0 Å². The predicted molar refractivity (Wildman–Crippen MR) is 115 cm³/mol. The van der Waals surface area contributed by atoms with Gasteiger partial charge in [-0.05, 0) is 61.1 Å². The summed E-state index contributed by atoms with van der Waals surface area (Å²) in [5.74, 6) is 0.217. The summed E-state index contributed by atoms with van der Waals surface area (Å²) >= 11 is 0. The van der Waals surface area contributed by atoms with E-state index in [2.05, 4.69) is 19.2 Å². The first-order valence-electron chi connectivity index (χ1n) is 10.2. The van der Waals surface area contributed by atoms with Gasteiger partial charge in [-0.3, -0.25) is 4.79 Å². The molecule has 0 radical (unpaired) electrons. The van der Waals surface area contributed by atoms with Crippen LogP contribution in [0.5, 0.6) is 5.75 Å². The first-order chi connectivity index (χ1) is 13.8. The van der Waals surface area contributed by atoms with Crippen LogP contribution in [0.4, 0.5) is 5.69 Å². The summed E-state index contributed by atoms with van der Waals surface area (Å²) in [4.78, 5) is 24.7. The van der Waals surface area contributed by atoms with E-state index >= 15 is 0 Å². The molecule has 0 saturated carbocycles. The number of hydrogen-bond acceptors (Lipinski definition) is 4. The fourth-order valence-electron chi connectivity index (χ4n) is 2.89. The molecule has 0 aliphatic heterocycles. The Bertz CT molecular complexity index is 805. The number of hydrogen-bond donors (Lipinski definition) is 1. The second-order valence-electron chi connectivity index (χ2n) is 7.42. The summed E-state index contributed by atoms with van der Waals surface area (Å²) in [6.07, 6.45) is 0.985. The van der Waals surface area contributed by atoms with Gasteiger partial charge in [0.2, 0.25) is 0 Å². The van der Waals surface area contributed by atoms with Crippen molar-refractivity contribution < 1.29 is 19.1 Å². The molecule has 0 fully saturated rings. The zero-order chi connectivity index (χ0) is 21.4. The average Bonchev–Trinajstić information content (AvgIpc) is 2.72. The van der Waals surface area contributed by atoms with Crippen LogP contribution in [0.1, 0.15) is 56.1 Å². The van der Waals surface area contributed by atoms with Gasteiger partial charge in [0.25, 0.3) is 5.91 Å². The molecule has 156 valence electrons. The summed E-state index contributed by atoms with van der Waals surface area (Å²) < 4.78 is 10.8. The van der Waals surface area contributed by atoms with E-state index in [9.17, 15) is 9.59 Å². The highest BCUT2D eigenvalue weighted by atomic mass is 16.6. The van der Waals surface area contributed by atoms with Crippen molar-refractivity contribution in [3.8, 4) is 5.75 Å². The van der Waals surface area contributed by atoms with Gasteiger partial charge in [-0.15, -0.1) is 0 Å². The molecule has 0 saturated heterocycles. The molecule has 0 bridgehead atoms. The lowest BCUT2D eigenvalue weighted by molar-refractivity contribution is -0.152. The fourth-order valence-corrected chi connectivity index (χ4v) is 2.89. The second kappa shape index (κ2) is 10.6. The molecule has 0 spiro atoms. The molecule has 0 aliphatic rings. The van der Waals surface area contributed by atoms with Gasteiger partial charge in [0.15, 0.2) is 6.10 Å². The Morgan fingerprint density at radius 1 is 0.931 bits per heavy atom. The highest BCUT2D eigenvalue weighted by molar-refractivity contribution is 6.05. The minimum atomic E-state index is -0.711. The zero-order valence-corrected chi connectivity index (χ0v) is 18.0. The number of carbonyl (C=O) groups excluding carboxylic acids is 2. The topological polar surface area (TPSA) is 64.6 Å². The van der Waals surface area contributed by atoms with E-state index in [4.69, 9.17) is 9.47 Å². The molecule has 5 heteroatoms. The Hall–Kier alpha value is -2.82. The minimum Gasteiger partial charge on any atom is -0.479 e. The maximum absolute atomic E-state index is 12.7. The van der Waals surface area contributed by atoms with E-state index < -0.39 is 12.1 Å². The summed E-state index contributed by atoms with van der Waals surface area (Å²) in [5, 5.41) is 3.05. The second-order valence-corrected chi connectivity index (χ2v) is 7.42. The van der Waals surface area contributed by atoms with E-state index in [0.717, 1.165) is 29.7 Å². The van der Waals surface area contributed by atoms with Crippen LogP contribution in [0.3, 0.4) is 0 Å². The van der Waals surface area contributed by atoms with E-state index in [0.29, 0.717) is 17.9 Å². The van der Waals surface area contributed by atoms with Crippen molar-refractivity contribution in [3.05, 3.63) is 59.2 Å². The lowest BCUT2D eigenvalue weighted by Gasteiger charge is -2.16. The number of carbonyl (C=O) groups is 2. The molecule has 1 N–H and O–H groups in total. The number of ether oxygens (including phenoxy) is 2. The Balaban J connectivity index is 2.03. The molecule has 0 heterocycles. The quantitative estimate of drug-likeness (QED) is 0.603. The fraction of sp³-hybridized carbons (Fsp3) is 0.417. The Labute approximate surface area is 173 Å². The third-order valence-corrected chi connectivity index (χ3v) is 4.56. The molecule has 1 atom stereocenters. The largest absolute Gasteiger partial charge is 0.479 e.